The first-order valence-corrected chi connectivity index (χ1v) is 6.23. The third-order valence-corrected chi connectivity index (χ3v) is 3.33. The highest BCUT2D eigenvalue weighted by atomic mass is 16.5. The molecule has 2 rings (SSSR count). The standard InChI is InChI=1S/C15H21NO/c1-12(2)11-17-14-7-4-6-13(10-14)15(3)8-5-9-16-15/h4,6-7,10,16H,1,5,8-9,11H2,2-3H3. The summed E-state index contributed by atoms with van der Waals surface area (Å²) in [6, 6.07) is 8.38. The van der Waals surface area contributed by atoms with E-state index in [0.29, 0.717) is 6.61 Å². The Kier molecular flexibility index (Phi) is 3.53. The lowest BCUT2D eigenvalue weighted by Crippen LogP contribution is -2.33. The molecule has 1 saturated heterocycles. The summed E-state index contributed by atoms with van der Waals surface area (Å²) in [5, 5.41) is 3.57. The smallest absolute Gasteiger partial charge is 0.120 e. The Bertz CT molecular complexity index is 405. The lowest BCUT2D eigenvalue weighted by molar-refractivity contribution is 0.349. The Balaban J connectivity index is 2.13. The minimum atomic E-state index is 0.114. The second-order valence-corrected chi connectivity index (χ2v) is 5.14. The molecule has 1 N–H and O–H groups in total. The fraction of sp³-hybridized carbons (Fsp3) is 0.467. The molecule has 2 nitrogen and oxygen atoms in total. The van der Waals surface area contributed by atoms with Crippen LogP contribution in [0.4, 0.5) is 0 Å². The molecule has 0 spiro atoms. The highest BCUT2D eigenvalue weighted by molar-refractivity contribution is 5.34. The Morgan fingerprint density at radius 1 is 1.53 bits per heavy atom. The normalized spacial score (nSPS) is 23.6. The van der Waals surface area contributed by atoms with Crippen LogP contribution in [0.3, 0.4) is 0 Å². The van der Waals surface area contributed by atoms with E-state index in [2.05, 4.69) is 37.0 Å². The van der Waals surface area contributed by atoms with Crippen LogP contribution < -0.4 is 10.1 Å². The highest BCUT2D eigenvalue weighted by Crippen LogP contribution is 2.32. The Morgan fingerprint density at radius 2 is 2.35 bits per heavy atom. The van der Waals surface area contributed by atoms with Crippen molar-refractivity contribution in [3.05, 3.63) is 42.0 Å². The summed E-state index contributed by atoms with van der Waals surface area (Å²) in [6.07, 6.45) is 2.43. The van der Waals surface area contributed by atoms with Gasteiger partial charge in [-0.2, -0.15) is 0 Å². The van der Waals surface area contributed by atoms with Crippen LogP contribution in [0.1, 0.15) is 32.3 Å². The SMILES string of the molecule is C=C(C)COc1cccc(C2(C)CCCN2)c1. The lowest BCUT2D eigenvalue weighted by atomic mass is 9.90. The van der Waals surface area contributed by atoms with Gasteiger partial charge in [0.1, 0.15) is 12.4 Å². The number of benzene rings is 1. The van der Waals surface area contributed by atoms with Gasteiger partial charge in [-0.1, -0.05) is 18.7 Å². The molecule has 1 aromatic rings. The van der Waals surface area contributed by atoms with Gasteiger partial charge in [-0.3, -0.25) is 0 Å². The van der Waals surface area contributed by atoms with Crippen molar-refractivity contribution in [2.45, 2.75) is 32.2 Å². The van der Waals surface area contributed by atoms with Gasteiger partial charge in [0.15, 0.2) is 0 Å². The average molecular weight is 231 g/mol. The number of hydrogen-bond acceptors (Lipinski definition) is 2. The summed E-state index contributed by atoms with van der Waals surface area (Å²) < 4.78 is 5.69. The van der Waals surface area contributed by atoms with Crippen LogP contribution in [0, 0.1) is 0 Å². The van der Waals surface area contributed by atoms with Crippen molar-refractivity contribution in [3.8, 4) is 5.75 Å². The van der Waals surface area contributed by atoms with Gasteiger partial charge < -0.3 is 10.1 Å². The second kappa shape index (κ2) is 4.92. The van der Waals surface area contributed by atoms with Crippen molar-refractivity contribution in [3.63, 3.8) is 0 Å². The van der Waals surface area contributed by atoms with Crippen molar-refractivity contribution >= 4 is 0 Å². The highest BCUT2D eigenvalue weighted by Gasteiger charge is 2.29. The Labute approximate surface area is 104 Å². The molecule has 1 atom stereocenters. The zero-order valence-electron chi connectivity index (χ0n) is 10.8. The monoisotopic (exact) mass is 231 g/mol. The molecule has 0 bridgehead atoms. The Morgan fingerprint density at radius 3 is 3.00 bits per heavy atom. The van der Waals surface area contributed by atoms with Gasteiger partial charge in [0, 0.05) is 5.54 Å². The maximum absolute atomic E-state index is 5.69. The van der Waals surface area contributed by atoms with E-state index >= 15 is 0 Å². The topological polar surface area (TPSA) is 21.3 Å². The van der Waals surface area contributed by atoms with Gasteiger partial charge in [-0.15, -0.1) is 0 Å². The molecule has 1 fully saturated rings. The summed E-state index contributed by atoms with van der Waals surface area (Å²) in [4.78, 5) is 0. The van der Waals surface area contributed by atoms with E-state index in [1.807, 2.05) is 13.0 Å². The predicted molar refractivity (Wildman–Crippen MR) is 71.3 cm³/mol. The first-order chi connectivity index (χ1) is 8.10. The van der Waals surface area contributed by atoms with Gasteiger partial charge in [0.2, 0.25) is 0 Å². The van der Waals surface area contributed by atoms with E-state index in [0.717, 1.165) is 17.9 Å². The lowest BCUT2D eigenvalue weighted by Gasteiger charge is -2.25. The number of rotatable bonds is 4. The molecule has 0 radical (unpaired) electrons. The molecule has 1 heterocycles. The fourth-order valence-corrected chi connectivity index (χ4v) is 2.28. The second-order valence-electron chi connectivity index (χ2n) is 5.14. The van der Waals surface area contributed by atoms with E-state index in [-0.39, 0.29) is 5.54 Å². The van der Waals surface area contributed by atoms with Crippen molar-refractivity contribution in [2.75, 3.05) is 13.2 Å². The van der Waals surface area contributed by atoms with Crippen molar-refractivity contribution < 1.29 is 4.74 Å². The molecule has 17 heavy (non-hydrogen) atoms. The van der Waals surface area contributed by atoms with Gasteiger partial charge in [0.25, 0.3) is 0 Å². The molecule has 92 valence electrons. The summed E-state index contributed by atoms with van der Waals surface area (Å²) in [5.41, 5.74) is 2.47. The van der Waals surface area contributed by atoms with Crippen LogP contribution in [0.15, 0.2) is 36.4 Å². The minimum absolute atomic E-state index is 0.114. The maximum Gasteiger partial charge on any atom is 0.120 e. The summed E-state index contributed by atoms with van der Waals surface area (Å²) in [5.74, 6) is 0.931. The molecular formula is C15H21NO. The largest absolute Gasteiger partial charge is 0.489 e. The van der Waals surface area contributed by atoms with Crippen LogP contribution in [-0.4, -0.2) is 13.2 Å². The molecule has 0 aliphatic carbocycles. The van der Waals surface area contributed by atoms with Crippen LogP contribution in [0.2, 0.25) is 0 Å². The summed E-state index contributed by atoms with van der Waals surface area (Å²) in [6.45, 7) is 9.78. The first-order valence-electron chi connectivity index (χ1n) is 6.23. The van der Waals surface area contributed by atoms with Gasteiger partial charge in [-0.25, -0.2) is 0 Å². The maximum atomic E-state index is 5.69. The summed E-state index contributed by atoms with van der Waals surface area (Å²) >= 11 is 0. The molecule has 1 aliphatic heterocycles. The minimum Gasteiger partial charge on any atom is -0.489 e. The van der Waals surface area contributed by atoms with Crippen LogP contribution in [0.5, 0.6) is 5.75 Å². The molecule has 0 aromatic heterocycles. The quantitative estimate of drug-likeness (QED) is 0.803. The molecule has 0 saturated carbocycles. The first kappa shape index (κ1) is 12.2. The molecule has 1 aliphatic rings. The average Bonchev–Trinajstić information content (AvgIpc) is 2.75. The number of nitrogens with one attached hydrogen (secondary N) is 1. The van der Waals surface area contributed by atoms with Crippen LogP contribution in [-0.2, 0) is 5.54 Å². The molecular weight excluding hydrogens is 210 g/mol. The zero-order valence-corrected chi connectivity index (χ0v) is 10.8. The number of ether oxygens (including phenoxy) is 1. The third-order valence-electron chi connectivity index (χ3n) is 3.33. The van der Waals surface area contributed by atoms with E-state index in [4.69, 9.17) is 4.74 Å². The Hall–Kier alpha value is -1.28. The third kappa shape index (κ3) is 2.89. The van der Waals surface area contributed by atoms with Crippen molar-refractivity contribution in [1.29, 1.82) is 0 Å². The van der Waals surface area contributed by atoms with Gasteiger partial charge in [-0.05, 0) is 56.5 Å². The zero-order chi connectivity index (χ0) is 12.3. The van der Waals surface area contributed by atoms with Gasteiger partial charge in [0.05, 0.1) is 0 Å². The van der Waals surface area contributed by atoms with Gasteiger partial charge >= 0.3 is 0 Å². The summed E-state index contributed by atoms with van der Waals surface area (Å²) in [7, 11) is 0. The van der Waals surface area contributed by atoms with Crippen molar-refractivity contribution in [2.24, 2.45) is 0 Å². The van der Waals surface area contributed by atoms with Crippen molar-refractivity contribution in [1.82, 2.24) is 5.32 Å². The molecule has 0 amide bonds. The van der Waals surface area contributed by atoms with E-state index < -0.39 is 0 Å². The van der Waals surface area contributed by atoms with Crippen LogP contribution in [0.25, 0.3) is 0 Å². The molecule has 1 aromatic carbocycles. The van der Waals surface area contributed by atoms with Crippen LogP contribution >= 0.6 is 0 Å². The van der Waals surface area contributed by atoms with E-state index in [1.165, 1.54) is 18.4 Å². The predicted octanol–water partition coefficient (Wildman–Crippen LogP) is 3.24. The molecule has 1 unspecified atom stereocenters. The molecule has 2 heteroatoms. The fourth-order valence-electron chi connectivity index (χ4n) is 2.28. The number of hydrogen-bond donors (Lipinski definition) is 1. The van der Waals surface area contributed by atoms with E-state index in [1.54, 1.807) is 0 Å². The van der Waals surface area contributed by atoms with E-state index in [9.17, 15) is 0 Å².